The Balaban J connectivity index is 2.45. The molecule has 104 valence electrons. The smallest absolute Gasteiger partial charge is 0.223 e. The molecule has 1 fully saturated rings. The van der Waals surface area contributed by atoms with Gasteiger partial charge >= 0.3 is 0 Å². The number of nitrogens with two attached hydrogens (primary N) is 1. The Kier molecular flexibility index (Phi) is 3.68. The molecule has 2 N–H and O–H groups in total. The summed E-state index contributed by atoms with van der Waals surface area (Å²) in [5, 5.41) is 0. The van der Waals surface area contributed by atoms with Crippen molar-refractivity contribution in [2.75, 3.05) is 0 Å². The molecule has 2 unspecified atom stereocenters. The Hall–Kier alpha value is -1.35. The van der Waals surface area contributed by atoms with Crippen molar-refractivity contribution in [2.24, 2.45) is 5.73 Å². The molecule has 1 saturated heterocycles. The number of likely N-dealkylation sites (tertiary alicyclic amines) is 1. The van der Waals surface area contributed by atoms with Crippen molar-refractivity contribution in [3.05, 3.63) is 35.4 Å². The predicted octanol–water partition coefficient (Wildman–Crippen LogP) is 2.78. The maximum absolute atomic E-state index is 12.3. The highest BCUT2D eigenvalue weighted by Gasteiger charge is 2.40. The zero-order valence-corrected chi connectivity index (χ0v) is 12.3. The number of hydrogen-bond donors (Lipinski definition) is 1. The number of nitrogens with zero attached hydrogens (tertiary/aromatic N) is 1. The zero-order chi connectivity index (χ0) is 14.2. The zero-order valence-electron chi connectivity index (χ0n) is 12.3. The van der Waals surface area contributed by atoms with E-state index in [0.717, 1.165) is 12.0 Å². The van der Waals surface area contributed by atoms with E-state index in [9.17, 15) is 4.79 Å². The van der Waals surface area contributed by atoms with Crippen molar-refractivity contribution in [2.45, 2.75) is 58.2 Å². The van der Waals surface area contributed by atoms with E-state index in [2.05, 4.69) is 45.9 Å². The molecule has 1 amide bonds. The van der Waals surface area contributed by atoms with Crippen LogP contribution in [0.15, 0.2) is 24.3 Å². The van der Waals surface area contributed by atoms with E-state index >= 15 is 0 Å². The lowest BCUT2D eigenvalue weighted by atomic mass is 9.86. The number of rotatable bonds is 1. The summed E-state index contributed by atoms with van der Waals surface area (Å²) in [5.74, 6) is 0.209. The third kappa shape index (κ3) is 2.81. The van der Waals surface area contributed by atoms with Crippen LogP contribution in [-0.4, -0.2) is 22.4 Å². The number of aryl methyl sites for hydroxylation is 1. The van der Waals surface area contributed by atoms with Crippen LogP contribution in [0, 0.1) is 6.92 Å². The average molecular weight is 260 g/mol. The van der Waals surface area contributed by atoms with Crippen molar-refractivity contribution in [3.8, 4) is 0 Å². The van der Waals surface area contributed by atoms with Crippen LogP contribution >= 0.6 is 0 Å². The van der Waals surface area contributed by atoms with Gasteiger partial charge in [0.25, 0.3) is 0 Å². The first kappa shape index (κ1) is 14.1. The number of benzene rings is 1. The van der Waals surface area contributed by atoms with E-state index in [1.54, 1.807) is 0 Å². The number of carbonyl (C=O) groups is 1. The minimum absolute atomic E-state index is 0.0127. The fraction of sp³-hybridized carbons (Fsp3) is 0.562. The van der Waals surface area contributed by atoms with E-state index in [1.165, 1.54) is 5.56 Å². The summed E-state index contributed by atoms with van der Waals surface area (Å²) in [4.78, 5) is 14.3. The first-order valence-corrected chi connectivity index (χ1v) is 6.95. The summed E-state index contributed by atoms with van der Waals surface area (Å²) < 4.78 is 0. The van der Waals surface area contributed by atoms with Crippen molar-refractivity contribution < 1.29 is 4.79 Å². The van der Waals surface area contributed by atoms with Crippen LogP contribution < -0.4 is 5.73 Å². The number of carbonyl (C=O) groups excluding carboxylic acids is 1. The fourth-order valence-electron chi connectivity index (χ4n) is 2.96. The Morgan fingerprint density at radius 3 is 2.58 bits per heavy atom. The van der Waals surface area contributed by atoms with Crippen LogP contribution in [0.5, 0.6) is 0 Å². The molecule has 1 aromatic rings. The summed E-state index contributed by atoms with van der Waals surface area (Å²) in [6.07, 6.45) is 1.32. The molecule has 2 rings (SSSR count). The largest absolute Gasteiger partial charge is 0.329 e. The van der Waals surface area contributed by atoms with E-state index in [0.29, 0.717) is 6.42 Å². The molecular formula is C16H24N2O. The lowest BCUT2D eigenvalue weighted by Gasteiger charge is -2.47. The summed E-state index contributed by atoms with van der Waals surface area (Å²) >= 11 is 0. The second-order valence-electron chi connectivity index (χ2n) is 6.50. The first-order valence-electron chi connectivity index (χ1n) is 6.95. The van der Waals surface area contributed by atoms with Crippen molar-refractivity contribution in [1.82, 2.24) is 4.90 Å². The predicted molar refractivity (Wildman–Crippen MR) is 77.7 cm³/mol. The van der Waals surface area contributed by atoms with E-state index in [-0.39, 0.29) is 23.5 Å². The standard InChI is InChI=1S/C16H24N2O/c1-11-6-5-7-12(10-11)15-13(17)8-9-14(19)18(15)16(2,3)4/h5-7,10,13,15H,8-9,17H2,1-4H3. The highest BCUT2D eigenvalue weighted by Crippen LogP contribution is 2.36. The molecule has 0 bridgehead atoms. The van der Waals surface area contributed by atoms with Gasteiger partial charge in [-0.15, -0.1) is 0 Å². The highest BCUT2D eigenvalue weighted by atomic mass is 16.2. The molecule has 0 saturated carbocycles. The van der Waals surface area contributed by atoms with Gasteiger partial charge in [-0.05, 0) is 39.7 Å². The van der Waals surface area contributed by atoms with Crippen LogP contribution in [0.3, 0.4) is 0 Å². The van der Waals surface area contributed by atoms with Crippen molar-refractivity contribution >= 4 is 5.91 Å². The monoisotopic (exact) mass is 260 g/mol. The van der Waals surface area contributed by atoms with Gasteiger partial charge in [0, 0.05) is 18.0 Å². The summed E-state index contributed by atoms with van der Waals surface area (Å²) in [5.41, 5.74) is 8.47. The molecule has 0 radical (unpaired) electrons. The van der Waals surface area contributed by atoms with E-state index in [1.807, 2.05) is 11.0 Å². The summed E-state index contributed by atoms with van der Waals surface area (Å²) in [6.45, 7) is 8.30. The number of amides is 1. The molecule has 0 aliphatic carbocycles. The van der Waals surface area contributed by atoms with Gasteiger partial charge in [-0.25, -0.2) is 0 Å². The topological polar surface area (TPSA) is 46.3 Å². The average Bonchev–Trinajstić information content (AvgIpc) is 2.30. The lowest BCUT2D eigenvalue weighted by molar-refractivity contribution is -0.144. The third-order valence-corrected chi connectivity index (χ3v) is 3.75. The van der Waals surface area contributed by atoms with Crippen LogP contribution in [0.25, 0.3) is 0 Å². The van der Waals surface area contributed by atoms with Gasteiger partial charge in [0.15, 0.2) is 0 Å². The Bertz CT molecular complexity index is 476. The molecule has 2 atom stereocenters. The molecule has 19 heavy (non-hydrogen) atoms. The molecule has 1 aromatic carbocycles. The van der Waals surface area contributed by atoms with Gasteiger partial charge < -0.3 is 10.6 Å². The molecule has 1 aliphatic rings. The molecular weight excluding hydrogens is 236 g/mol. The normalized spacial score (nSPS) is 24.7. The second kappa shape index (κ2) is 4.97. The van der Waals surface area contributed by atoms with E-state index < -0.39 is 0 Å². The minimum Gasteiger partial charge on any atom is -0.329 e. The van der Waals surface area contributed by atoms with Gasteiger partial charge in [-0.1, -0.05) is 29.8 Å². The van der Waals surface area contributed by atoms with Crippen molar-refractivity contribution in [1.29, 1.82) is 0 Å². The molecule has 3 heteroatoms. The Morgan fingerprint density at radius 1 is 1.32 bits per heavy atom. The molecule has 1 aliphatic heterocycles. The van der Waals surface area contributed by atoms with Gasteiger partial charge in [-0.2, -0.15) is 0 Å². The Labute approximate surface area is 115 Å². The van der Waals surface area contributed by atoms with E-state index in [4.69, 9.17) is 5.73 Å². The molecule has 1 heterocycles. The van der Waals surface area contributed by atoms with Crippen LogP contribution in [-0.2, 0) is 4.79 Å². The second-order valence-corrected chi connectivity index (χ2v) is 6.50. The molecule has 3 nitrogen and oxygen atoms in total. The van der Waals surface area contributed by atoms with Gasteiger partial charge in [0.05, 0.1) is 6.04 Å². The number of piperidine rings is 1. The Morgan fingerprint density at radius 2 is 2.00 bits per heavy atom. The summed E-state index contributed by atoms with van der Waals surface area (Å²) in [6, 6.07) is 8.33. The summed E-state index contributed by atoms with van der Waals surface area (Å²) in [7, 11) is 0. The fourth-order valence-corrected chi connectivity index (χ4v) is 2.96. The number of hydrogen-bond acceptors (Lipinski definition) is 2. The highest BCUT2D eigenvalue weighted by molar-refractivity contribution is 5.78. The van der Waals surface area contributed by atoms with Gasteiger partial charge in [-0.3, -0.25) is 4.79 Å². The third-order valence-electron chi connectivity index (χ3n) is 3.75. The van der Waals surface area contributed by atoms with Gasteiger partial charge in [0.1, 0.15) is 0 Å². The minimum atomic E-state index is -0.205. The lowest BCUT2D eigenvalue weighted by Crippen LogP contribution is -2.56. The maximum atomic E-state index is 12.3. The molecule has 0 spiro atoms. The van der Waals surface area contributed by atoms with Gasteiger partial charge in [0.2, 0.25) is 5.91 Å². The quantitative estimate of drug-likeness (QED) is 0.844. The van der Waals surface area contributed by atoms with Crippen LogP contribution in [0.1, 0.15) is 50.8 Å². The maximum Gasteiger partial charge on any atom is 0.223 e. The van der Waals surface area contributed by atoms with Crippen molar-refractivity contribution in [3.63, 3.8) is 0 Å². The molecule has 0 aromatic heterocycles. The van der Waals surface area contributed by atoms with Crippen LogP contribution in [0.2, 0.25) is 0 Å². The first-order chi connectivity index (χ1) is 8.80. The van der Waals surface area contributed by atoms with Crippen LogP contribution in [0.4, 0.5) is 0 Å². The SMILES string of the molecule is Cc1cccc(C2C(N)CCC(=O)N2C(C)(C)C)c1.